The van der Waals surface area contributed by atoms with Crippen LogP contribution in [0.5, 0.6) is 0 Å². The monoisotopic (exact) mass is 158 g/mol. The average Bonchev–Trinajstić information content (AvgIpc) is 2.20. The zero-order valence-corrected chi connectivity index (χ0v) is 7.27. The maximum absolute atomic E-state index is 6.25. The Balaban J connectivity index is 2.09. The number of alkyl halides is 1. The summed E-state index contributed by atoms with van der Waals surface area (Å²) >= 11 is 6.25. The molecule has 0 nitrogen and oxygen atoms in total. The van der Waals surface area contributed by atoms with E-state index in [1.165, 1.54) is 25.7 Å². The van der Waals surface area contributed by atoms with E-state index in [9.17, 15) is 0 Å². The van der Waals surface area contributed by atoms with Crippen LogP contribution >= 0.6 is 11.6 Å². The predicted molar refractivity (Wildman–Crippen MR) is 44.3 cm³/mol. The summed E-state index contributed by atoms with van der Waals surface area (Å²) in [6.07, 6.45) is 5.60. The standard InChI is InChI=1S/C9H15Cl/c1-6-4-7-2-3-8(5-6)9(7)10/h6-9H,2-5H2,1H3/t6?,7-,8-,9?/m0/s1. The first kappa shape index (κ1) is 6.97. The SMILES string of the molecule is CC1C[C@@H]2CC[C@@H](C1)C2Cl. The molecule has 0 heterocycles. The molecule has 1 heteroatoms. The molecule has 2 saturated carbocycles. The average molecular weight is 159 g/mol. The predicted octanol–water partition coefficient (Wildman–Crippen LogP) is 3.05. The minimum Gasteiger partial charge on any atom is -0.122 e. The van der Waals surface area contributed by atoms with Crippen LogP contribution in [-0.4, -0.2) is 5.38 Å². The Morgan fingerprint density at radius 3 is 2.10 bits per heavy atom. The van der Waals surface area contributed by atoms with Crippen LogP contribution in [0.4, 0.5) is 0 Å². The molecular weight excluding hydrogens is 144 g/mol. The lowest BCUT2D eigenvalue weighted by atomic mass is 9.82. The first-order valence-electron chi connectivity index (χ1n) is 4.41. The quantitative estimate of drug-likeness (QED) is 0.476. The molecule has 0 N–H and O–H groups in total. The van der Waals surface area contributed by atoms with Gasteiger partial charge in [-0.3, -0.25) is 0 Å². The lowest BCUT2D eigenvalue weighted by molar-refractivity contribution is 0.284. The van der Waals surface area contributed by atoms with Gasteiger partial charge in [-0.05, 0) is 43.4 Å². The molecule has 0 aromatic carbocycles. The molecule has 58 valence electrons. The summed E-state index contributed by atoms with van der Waals surface area (Å²) in [4.78, 5) is 0. The van der Waals surface area contributed by atoms with Crippen LogP contribution in [0.25, 0.3) is 0 Å². The minimum absolute atomic E-state index is 0.538. The Bertz CT molecular complexity index is 119. The Labute approximate surface area is 68.0 Å². The maximum Gasteiger partial charge on any atom is 0.0392 e. The molecule has 0 aromatic heterocycles. The van der Waals surface area contributed by atoms with Crippen molar-refractivity contribution in [3.05, 3.63) is 0 Å². The van der Waals surface area contributed by atoms with Gasteiger partial charge in [0, 0.05) is 5.38 Å². The maximum atomic E-state index is 6.25. The van der Waals surface area contributed by atoms with E-state index in [4.69, 9.17) is 11.6 Å². The van der Waals surface area contributed by atoms with Crippen LogP contribution in [-0.2, 0) is 0 Å². The fourth-order valence-corrected chi connectivity index (χ4v) is 3.21. The molecule has 2 bridgehead atoms. The molecule has 0 saturated heterocycles. The first-order chi connectivity index (χ1) is 4.77. The van der Waals surface area contributed by atoms with Crippen molar-refractivity contribution in [3.63, 3.8) is 0 Å². The van der Waals surface area contributed by atoms with Crippen molar-refractivity contribution in [2.75, 3.05) is 0 Å². The topological polar surface area (TPSA) is 0 Å². The fraction of sp³-hybridized carbons (Fsp3) is 1.00. The third-order valence-corrected chi connectivity index (χ3v) is 3.93. The van der Waals surface area contributed by atoms with Crippen molar-refractivity contribution in [1.82, 2.24) is 0 Å². The number of hydrogen-bond donors (Lipinski definition) is 0. The van der Waals surface area contributed by atoms with E-state index < -0.39 is 0 Å². The molecule has 0 aliphatic heterocycles. The van der Waals surface area contributed by atoms with E-state index in [0.29, 0.717) is 5.38 Å². The molecule has 2 aliphatic rings. The molecule has 2 rings (SSSR count). The highest BCUT2D eigenvalue weighted by Crippen LogP contribution is 2.47. The van der Waals surface area contributed by atoms with E-state index in [2.05, 4.69) is 6.92 Å². The van der Waals surface area contributed by atoms with Crippen molar-refractivity contribution in [1.29, 1.82) is 0 Å². The van der Waals surface area contributed by atoms with E-state index in [1.807, 2.05) is 0 Å². The van der Waals surface area contributed by atoms with E-state index in [-0.39, 0.29) is 0 Å². The van der Waals surface area contributed by atoms with Gasteiger partial charge in [-0.15, -0.1) is 11.6 Å². The molecule has 10 heavy (non-hydrogen) atoms. The largest absolute Gasteiger partial charge is 0.122 e. The van der Waals surface area contributed by atoms with Gasteiger partial charge < -0.3 is 0 Å². The fourth-order valence-electron chi connectivity index (χ4n) is 2.76. The van der Waals surface area contributed by atoms with Crippen LogP contribution in [0.15, 0.2) is 0 Å². The Hall–Kier alpha value is 0.290. The third kappa shape index (κ3) is 0.972. The van der Waals surface area contributed by atoms with Crippen LogP contribution < -0.4 is 0 Å². The molecule has 0 radical (unpaired) electrons. The smallest absolute Gasteiger partial charge is 0.0392 e. The highest BCUT2D eigenvalue weighted by molar-refractivity contribution is 6.21. The van der Waals surface area contributed by atoms with Crippen molar-refractivity contribution in [2.24, 2.45) is 17.8 Å². The summed E-state index contributed by atoms with van der Waals surface area (Å²) in [5, 5.41) is 0.538. The van der Waals surface area contributed by atoms with Gasteiger partial charge in [0.25, 0.3) is 0 Å². The third-order valence-electron chi connectivity index (χ3n) is 3.22. The van der Waals surface area contributed by atoms with Crippen molar-refractivity contribution in [3.8, 4) is 0 Å². The van der Waals surface area contributed by atoms with Crippen LogP contribution in [0.3, 0.4) is 0 Å². The Kier molecular flexibility index (Phi) is 1.68. The highest BCUT2D eigenvalue weighted by Gasteiger charge is 2.39. The van der Waals surface area contributed by atoms with Gasteiger partial charge in [-0.25, -0.2) is 0 Å². The summed E-state index contributed by atoms with van der Waals surface area (Å²) in [5.74, 6) is 2.69. The molecule has 2 fully saturated rings. The van der Waals surface area contributed by atoms with Crippen molar-refractivity contribution >= 4 is 11.6 Å². The summed E-state index contributed by atoms with van der Waals surface area (Å²) in [6.45, 7) is 2.37. The van der Waals surface area contributed by atoms with Gasteiger partial charge in [0.2, 0.25) is 0 Å². The number of hydrogen-bond acceptors (Lipinski definition) is 0. The zero-order valence-electron chi connectivity index (χ0n) is 6.52. The van der Waals surface area contributed by atoms with E-state index >= 15 is 0 Å². The molecule has 0 amide bonds. The second kappa shape index (κ2) is 2.41. The summed E-state index contributed by atoms with van der Waals surface area (Å²) in [7, 11) is 0. The minimum atomic E-state index is 0.538. The van der Waals surface area contributed by atoms with Gasteiger partial charge in [0.15, 0.2) is 0 Å². The Morgan fingerprint density at radius 2 is 1.60 bits per heavy atom. The number of rotatable bonds is 0. The van der Waals surface area contributed by atoms with Crippen LogP contribution in [0, 0.1) is 17.8 Å². The van der Waals surface area contributed by atoms with Crippen molar-refractivity contribution in [2.45, 2.75) is 38.0 Å². The summed E-state index contributed by atoms with van der Waals surface area (Å²) < 4.78 is 0. The van der Waals surface area contributed by atoms with E-state index in [1.54, 1.807) is 0 Å². The Morgan fingerprint density at radius 1 is 1.10 bits per heavy atom. The molecule has 2 atom stereocenters. The normalized spacial score (nSPS) is 53.4. The molecule has 0 unspecified atom stereocenters. The number of fused-ring (bicyclic) bond motifs is 2. The van der Waals surface area contributed by atoms with Crippen molar-refractivity contribution < 1.29 is 0 Å². The van der Waals surface area contributed by atoms with Gasteiger partial charge in [-0.2, -0.15) is 0 Å². The molecular formula is C9H15Cl. The second-order valence-electron chi connectivity index (χ2n) is 4.12. The van der Waals surface area contributed by atoms with Gasteiger partial charge in [0.1, 0.15) is 0 Å². The van der Waals surface area contributed by atoms with E-state index in [0.717, 1.165) is 17.8 Å². The highest BCUT2D eigenvalue weighted by atomic mass is 35.5. The van der Waals surface area contributed by atoms with Gasteiger partial charge >= 0.3 is 0 Å². The first-order valence-corrected chi connectivity index (χ1v) is 4.85. The second-order valence-corrected chi connectivity index (χ2v) is 4.62. The molecule has 0 spiro atoms. The van der Waals surface area contributed by atoms with Crippen LogP contribution in [0.2, 0.25) is 0 Å². The molecule has 2 aliphatic carbocycles. The van der Waals surface area contributed by atoms with Gasteiger partial charge in [0.05, 0.1) is 0 Å². The zero-order chi connectivity index (χ0) is 7.14. The number of halogens is 1. The molecule has 0 aromatic rings. The van der Waals surface area contributed by atoms with Gasteiger partial charge in [-0.1, -0.05) is 6.92 Å². The lowest BCUT2D eigenvalue weighted by Crippen LogP contribution is -2.24. The summed E-state index contributed by atoms with van der Waals surface area (Å²) in [5.41, 5.74) is 0. The summed E-state index contributed by atoms with van der Waals surface area (Å²) in [6, 6.07) is 0. The van der Waals surface area contributed by atoms with Crippen LogP contribution in [0.1, 0.15) is 32.6 Å². The lowest BCUT2D eigenvalue weighted by Gasteiger charge is -2.29.